The molecule has 34 heavy (non-hydrogen) atoms. The topological polar surface area (TPSA) is 91.2 Å². The number of fused-ring (bicyclic) bond motifs is 1. The van der Waals surface area contributed by atoms with Crippen LogP contribution >= 0.6 is 40.0 Å². The molecule has 14 heteroatoms. The highest BCUT2D eigenvalue weighted by atomic mass is 127. The fraction of sp³-hybridized carbons (Fsp3) is 0.300. The minimum absolute atomic E-state index is 0.00580. The molecule has 1 aromatic heterocycles. The van der Waals surface area contributed by atoms with E-state index in [1.807, 2.05) is 0 Å². The maximum atomic E-state index is 13.5. The molecule has 0 radical (unpaired) electrons. The molecule has 182 valence electrons. The van der Waals surface area contributed by atoms with Crippen LogP contribution in [0.1, 0.15) is 29.1 Å². The van der Waals surface area contributed by atoms with Gasteiger partial charge in [-0.1, -0.05) is 11.6 Å². The normalized spacial score (nSPS) is 14.6. The van der Waals surface area contributed by atoms with Crippen LogP contribution in [0, 0.1) is 5.82 Å². The van der Waals surface area contributed by atoms with E-state index in [1.165, 1.54) is 6.21 Å². The third-order valence-electron chi connectivity index (χ3n) is 4.79. The average Bonchev–Trinajstić information content (AvgIpc) is 2.84. The van der Waals surface area contributed by atoms with E-state index in [-0.39, 0.29) is 29.0 Å². The Bertz CT molecular complexity index is 1130. The van der Waals surface area contributed by atoms with E-state index < -0.39 is 24.4 Å². The number of ether oxygens (including phenoxy) is 1. The summed E-state index contributed by atoms with van der Waals surface area (Å²) in [4.78, 5) is 21.6. The number of nitrogens with zero attached hydrogens (tertiary/aromatic N) is 5. The lowest BCUT2D eigenvalue weighted by Crippen LogP contribution is -2.33. The van der Waals surface area contributed by atoms with Crippen molar-refractivity contribution in [3.05, 3.63) is 57.4 Å². The largest absolute Gasteiger partial charge is 0.438 e. The monoisotopic (exact) mass is 627 g/mol. The van der Waals surface area contributed by atoms with Gasteiger partial charge in [0.25, 0.3) is 6.43 Å². The Morgan fingerprint density at radius 3 is 2.88 bits per heavy atom. The highest BCUT2D eigenvalue weighted by Gasteiger charge is 2.27. The van der Waals surface area contributed by atoms with Crippen LogP contribution in [0.25, 0.3) is 0 Å². The fourth-order valence-corrected chi connectivity index (χ4v) is 3.85. The summed E-state index contributed by atoms with van der Waals surface area (Å²) in [5.74, 6) is -1.06. The summed E-state index contributed by atoms with van der Waals surface area (Å²) in [6.45, 7) is 0.0291. The van der Waals surface area contributed by atoms with Crippen molar-refractivity contribution >= 4 is 52.5 Å². The lowest BCUT2D eigenvalue weighted by molar-refractivity contribution is -0.104. The van der Waals surface area contributed by atoms with Crippen molar-refractivity contribution in [2.45, 2.75) is 26.0 Å². The van der Waals surface area contributed by atoms with E-state index in [9.17, 15) is 23.1 Å². The van der Waals surface area contributed by atoms with E-state index in [0.29, 0.717) is 48.6 Å². The van der Waals surface area contributed by atoms with Crippen LogP contribution in [0.15, 0.2) is 34.0 Å². The van der Waals surface area contributed by atoms with E-state index in [4.69, 9.17) is 16.3 Å². The van der Waals surface area contributed by atoms with Crippen LogP contribution in [-0.2, 0) is 24.4 Å². The lowest BCUT2D eigenvalue weighted by atomic mass is 10.1. The fourth-order valence-electron chi connectivity index (χ4n) is 3.21. The minimum Gasteiger partial charge on any atom is -0.438 e. The Morgan fingerprint density at radius 1 is 1.47 bits per heavy atom. The van der Waals surface area contributed by atoms with Gasteiger partial charge in [-0.3, -0.25) is 9.57 Å². The smallest absolute Gasteiger partial charge is 0.267 e. The zero-order valence-corrected chi connectivity index (χ0v) is 21.6. The first kappa shape index (κ1) is 26.6. The second-order valence-electron chi connectivity index (χ2n) is 6.99. The van der Waals surface area contributed by atoms with Crippen molar-refractivity contribution in [2.24, 2.45) is 5.10 Å². The Morgan fingerprint density at radius 2 is 2.24 bits per heavy atom. The highest BCUT2D eigenvalue weighted by Crippen LogP contribution is 2.36. The van der Waals surface area contributed by atoms with E-state index in [2.05, 4.69) is 37.1 Å². The molecule has 0 saturated carbocycles. The number of aromatic nitrogens is 2. The summed E-state index contributed by atoms with van der Waals surface area (Å²) in [5, 5.41) is 13.8. The third kappa shape index (κ3) is 6.35. The summed E-state index contributed by atoms with van der Waals surface area (Å²) in [6.07, 6.45) is -0.272. The minimum atomic E-state index is -2.96. The van der Waals surface area contributed by atoms with Crippen LogP contribution in [0.2, 0.25) is 0 Å². The first-order valence-corrected chi connectivity index (χ1v) is 14.2. The third-order valence-corrected chi connectivity index (χ3v) is 7.53. The number of aldehydes is 1. The zero-order valence-electron chi connectivity index (χ0n) is 17.7. The second-order valence-corrected chi connectivity index (χ2v) is 9.66. The van der Waals surface area contributed by atoms with Crippen molar-refractivity contribution in [1.82, 2.24) is 19.6 Å². The molecule has 1 N–H and O–H groups in total. The number of halogens is 5. The molecule has 1 atom stereocenters. The van der Waals surface area contributed by atoms with Crippen molar-refractivity contribution in [3.8, 4) is 11.6 Å². The molecule has 2 heterocycles. The number of aliphatic hydroxyl groups excluding tert-OH is 1. The van der Waals surface area contributed by atoms with Crippen LogP contribution in [0.3, 0.4) is 0 Å². The number of hydrogen-bond acceptors (Lipinski definition) is 8. The predicted octanol–water partition coefficient (Wildman–Crippen LogP) is 4.71. The highest BCUT2D eigenvalue weighted by molar-refractivity contribution is 14.2. The van der Waals surface area contributed by atoms with Gasteiger partial charge in [0, 0.05) is 19.2 Å². The second kappa shape index (κ2) is 12.1. The molecule has 1 unspecified atom stereocenters. The van der Waals surface area contributed by atoms with Gasteiger partial charge in [-0.05, 0) is 46.7 Å². The maximum absolute atomic E-state index is 13.5. The average molecular weight is 628 g/mol. The number of hydrogen-bond donors (Lipinski definition) is 1. The summed E-state index contributed by atoms with van der Waals surface area (Å²) in [7, 11) is 1.77. The molecule has 0 saturated heterocycles. The number of benzene rings is 1. The van der Waals surface area contributed by atoms with Crippen molar-refractivity contribution in [2.75, 3.05) is 13.6 Å². The molecule has 0 aliphatic carbocycles. The van der Waals surface area contributed by atoms with E-state index in [1.54, 1.807) is 16.7 Å². The number of allylic oxidation sites excluding steroid dienone is 2. The Balaban J connectivity index is 1.98. The molecule has 8 nitrogen and oxygen atoms in total. The van der Waals surface area contributed by atoms with Gasteiger partial charge in [0.2, 0.25) is 5.88 Å². The summed E-state index contributed by atoms with van der Waals surface area (Å²) < 4.78 is 47.6. The van der Waals surface area contributed by atoms with Gasteiger partial charge in [-0.15, -0.1) is 0 Å². The number of alkyl halides is 2. The first-order chi connectivity index (χ1) is 16.3. The molecule has 0 amide bonds. The SMILES string of the molecule is CN(/N=C\C(=C(\Cl)C=O)N1CCc2c(nc(CO)nc2Oc2ccc(F)cc2C(F)F)C1)PI. The zero-order chi connectivity index (χ0) is 24.8. The summed E-state index contributed by atoms with van der Waals surface area (Å²) >= 11 is 8.29. The Labute approximate surface area is 213 Å². The molecule has 0 spiro atoms. The van der Waals surface area contributed by atoms with E-state index >= 15 is 0 Å². The number of rotatable bonds is 9. The van der Waals surface area contributed by atoms with Gasteiger partial charge in [-0.2, -0.15) is 10.1 Å². The van der Waals surface area contributed by atoms with Gasteiger partial charge in [0.05, 0.1) is 36.1 Å². The lowest BCUT2D eigenvalue weighted by Gasteiger charge is -2.31. The van der Waals surface area contributed by atoms with Crippen LogP contribution < -0.4 is 4.74 Å². The molecule has 1 aromatic carbocycles. The van der Waals surface area contributed by atoms with Gasteiger partial charge in [0.15, 0.2) is 12.1 Å². The van der Waals surface area contributed by atoms with E-state index in [0.717, 1.165) is 12.1 Å². The van der Waals surface area contributed by atoms with Gasteiger partial charge < -0.3 is 14.7 Å². The van der Waals surface area contributed by atoms with Crippen LogP contribution in [0.5, 0.6) is 11.6 Å². The number of hydrazone groups is 1. The van der Waals surface area contributed by atoms with Crippen molar-refractivity contribution < 1.29 is 27.8 Å². The standard InChI is InChI=1S/C20H19ClF3IN5O3P/c1-29(34-25)26-7-16(14(21)9-31)30-5-4-12-15(8-30)27-18(10-32)28-20(12)33-17-3-2-11(22)6-13(17)19(23)24/h2-3,6-7,9,19,32,34H,4-5,8,10H2,1H3/b16-14-,26-7-. The van der Waals surface area contributed by atoms with Crippen molar-refractivity contribution in [1.29, 1.82) is 0 Å². The van der Waals surface area contributed by atoms with Gasteiger partial charge >= 0.3 is 0 Å². The summed E-state index contributed by atoms with van der Waals surface area (Å²) in [5.41, 5.74) is 0.775. The Kier molecular flexibility index (Phi) is 9.46. The number of carbonyl (C=O) groups is 1. The molecule has 0 fully saturated rings. The number of carbonyl (C=O) groups excluding carboxylic acids is 1. The Hall–Kier alpha value is -2.02. The molecular formula is C20H19ClF3IN5O3P. The predicted molar refractivity (Wildman–Crippen MR) is 131 cm³/mol. The molecular weight excluding hydrogens is 609 g/mol. The molecule has 0 bridgehead atoms. The first-order valence-electron chi connectivity index (χ1n) is 9.76. The van der Waals surface area contributed by atoms with Gasteiger partial charge in [0.1, 0.15) is 23.2 Å². The summed E-state index contributed by atoms with van der Waals surface area (Å²) in [6, 6.07) is 2.81. The molecule has 3 rings (SSSR count). The maximum Gasteiger partial charge on any atom is 0.267 e. The molecule has 1 aliphatic rings. The molecule has 2 aromatic rings. The van der Waals surface area contributed by atoms with Crippen molar-refractivity contribution in [3.63, 3.8) is 0 Å². The van der Waals surface area contributed by atoms with Crippen LogP contribution in [-0.4, -0.2) is 50.8 Å². The van der Waals surface area contributed by atoms with Crippen LogP contribution in [0.4, 0.5) is 13.2 Å². The number of aliphatic hydroxyl groups is 1. The molecule has 1 aliphatic heterocycles. The van der Waals surface area contributed by atoms with Gasteiger partial charge in [-0.25, -0.2) is 18.2 Å². The quantitative estimate of drug-likeness (QED) is 0.108.